The molecular formula is C29H66N2O12Si2. The van der Waals surface area contributed by atoms with E-state index in [1.807, 2.05) is 4.90 Å². The first-order chi connectivity index (χ1) is 21.3. The van der Waals surface area contributed by atoms with Crippen molar-refractivity contribution in [2.75, 3.05) is 72.4 Å². The van der Waals surface area contributed by atoms with Gasteiger partial charge in [-0.05, 0) is 51.1 Å². The summed E-state index contributed by atoms with van der Waals surface area (Å²) >= 11 is 0. The van der Waals surface area contributed by atoms with Gasteiger partial charge in [-0.1, -0.05) is 46.0 Å². The Bertz CT molecular complexity index is 662. The van der Waals surface area contributed by atoms with Crippen LogP contribution in [0.5, 0.6) is 0 Å². The van der Waals surface area contributed by atoms with E-state index in [-0.39, 0.29) is 51.5 Å². The molecule has 0 aliphatic carbocycles. The molecule has 0 radical (unpaired) electrons. The van der Waals surface area contributed by atoms with E-state index in [9.17, 15) is 15.3 Å². The number of unbranched alkanes of at least 4 members (excludes halogenated alkanes) is 4. The number of hydrogen-bond donors (Lipinski definition) is 10. The molecule has 10 N–H and O–H groups in total. The van der Waals surface area contributed by atoms with Crippen molar-refractivity contribution in [2.24, 2.45) is 5.92 Å². The number of rotatable bonds is 33. The van der Waals surface area contributed by atoms with E-state index in [1.165, 1.54) is 6.42 Å². The Kier molecular flexibility index (Phi) is 27.7. The van der Waals surface area contributed by atoms with E-state index in [2.05, 4.69) is 19.2 Å². The van der Waals surface area contributed by atoms with E-state index in [0.29, 0.717) is 45.1 Å². The zero-order valence-electron chi connectivity index (χ0n) is 27.8. The van der Waals surface area contributed by atoms with Gasteiger partial charge < -0.3 is 63.6 Å². The highest BCUT2D eigenvalue weighted by atomic mass is 28.4. The quantitative estimate of drug-likeness (QED) is 0.0307. The lowest BCUT2D eigenvalue weighted by Gasteiger charge is -2.27. The second-order valence-electron chi connectivity index (χ2n) is 12.2. The summed E-state index contributed by atoms with van der Waals surface area (Å²) in [6.45, 7) is 8.29. The van der Waals surface area contributed by atoms with Crippen LogP contribution < -0.4 is 5.32 Å². The van der Waals surface area contributed by atoms with Crippen molar-refractivity contribution in [3.8, 4) is 0 Å². The van der Waals surface area contributed by atoms with Crippen molar-refractivity contribution >= 4 is 17.6 Å². The molecule has 0 saturated carbocycles. The summed E-state index contributed by atoms with van der Waals surface area (Å²) in [6, 6.07) is -0.206. The van der Waals surface area contributed by atoms with Crippen LogP contribution in [0.3, 0.4) is 0 Å². The van der Waals surface area contributed by atoms with Gasteiger partial charge >= 0.3 is 17.6 Å². The molecule has 0 amide bonds. The Balaban J connectivity index is 4.37. The Morgan fingerprint density at radius 2 is 1.16 bits per heavy atom. The molecule has 14 nitrogen and oxygen atoms in total. The van der Waals surface area contributed by atoms with Crippen LogP contribution in [0.1, 0.15) is 78.1 Å². The molecule has 45 heavy (non-hydrogen) atoms. The van der Waals surface area contributed by atoms with Crippen LogP contribution in [-0.2, 0) is 14.2 Å². The summed E-state index contributed by atoms with van der Waals surface area (Å²) in [5.74, 6) is 0.490. The maximum atomic E-state index is 10.7. The third-order valence-electron chi connectivity index (χ3n) is 7.33. The molecule has 0 bridgehead atoms. The average molecular weight is 691 g/mol. The highest BCUT2D eigenvalue weighted by Crippen LogP contribution is 2.13. The molecule has 0 saturated heterocycles. The molecule has 0 heterocycles. The van der Waals surface area contributed by atoms with E-state index in [0.717, 1.165) is 51.5 Å². The van der Waals surface area contributed by atoms with Crippen molar-refractivity contribution in [2.45, 2.75) is 108 Å². The molecular weight excluding hydrogens is 624 g/mol. The molecule has 0 aromatic rings. The summed E-state index contributed by atoms with van der Waals surface area (Å²) in [7, 11) is -8.11. The highest BCUT2D eigenvalue weighted by Gasteiger charge is 2.26. The molecule has 16 heteroatoms. The van der Waals surface area contributed by atoms with Gasteiger partial charge in [-0.2, -0.15) is 0 Å². The molecule has 0 rings (SSSR count). The van der Waals surface area contributed by atoms with Gasteiger partial charge in [-0.15, -0.1) is 0 Å². The van der Waals surface area contributed by atoms with Gasteiger partial charge in [0.2, 0.25) is 0 Å². The first-order valence-corrected chi connectivity index (χ1v) is 20.9. The van der Waals surface area contributed by atoms with E-state index in [4.69, 9.17) is 43.0 Å². The SMILES string of the molecule is CCCCC(CC)COCC(O)CN(CCCCCCNCC(O)COCCC[Si](O)(O)O)CC(O)COCCC[Si](O)(O)O. The van der Waals surface area contributed by atoms with Gasteiger partial charge in [0.15, 0.2) is 0 Å². The van der Waals surface area contributed by atoms with Gasteiger partial charge in [0.25, 0.3) is 0 Å². The largest absolute Gasteiger partial charge is 0.492 e. The summed E-state index contributed by atoms with van der Waals surface area (Å²) in [5.41, 5.74) is 0. The highest BCUT2D eigenvalue weighted by molar-refractivity contribution is 6.56. The van der Waals surface area contributed by atoms with E-state index >= 15 is 0 Å². The van der Waals surface area contributed by atoms with Crippen LogP contribution in [-0.4, -0.2) is 157 Å². The van der Waals surface area contributed by atoms with Crippen molar-refractivity contribution in [3.63, 3.8) is 0 Å². The Morgan fingerprint density at radius 3 is 1.69 bits per heavy atom. The standard InChI is InChI=1S/C29H66N2O12Si2/c1-3-5-12-26(4-2)22-43-25-29(34)21-31(20-28(33)24-42-16-11-18-45(38,39)40)14-9-7-6-8-13-30-19-27(32)23-41-15-10-17-44(35,36)37/h26-30,32-40H,3-25H2,1-2H3. The monoisotopic (exact) mass is 690 g/mol. The maximum absolute atomic E-state index is 10.7. The van der Waals surface area contributed by atoms with Crippen LogP contribution >= 0.6 is 0 Å². The summed E-state index contributed by atoms with van der Waals surface area (Å²) < 4.78 is 16.6. The van der Waals surface area contributed by atoms with Crippen molar-refractivity contribution in [1.29, 1.82) is 0 Å². The lowest BCUT2D eigenvalue weighted by molar-refractivity contribution is -0.0164. The summed E-state index contributed by atoms with van der Waals surface area (Å²) in [6.07, 6.45) is 6.66. The number of nitrogens with zero attached hydrogens (tertiary/aromatic N) is 1. The van der Waals surface area contributed by atoms with Crippen LogP contribution in [0.25, 0.3) is 0 Å². The molecule has 0 spiro atoms. The van der Waals surface area contributed by atoms with Gasteiger partial charge in [-0.3, -0.25) is 4.90 Å². The number of aliphatic hydroxyl groups excluding tert-OH is 3. The average Bonchev–Trinajstić information content (AvgIpc) is 2.94. The van der Waals surface area contributed by atoms with E-state index in [1.54, 1.807) is 0 Å². The Morgan fingerprint density at radius 1 is 0.622 bits per heavy atom. The van der Waals surface area contributed by atoms with Crippen LogP contribution in [0.2, 0.25) is 12.1 Å². The van der Waals surface area contributed by atoms with Crippen LogP contribution in [0, 0.1) is 5.92 Å². The third-order valence-corrected chi connectivity index (χ3v) is 9.37. The topological polar surface area (TPSA) is 225 Å². The number of hydrogen-bond acceptors (Lipinski definition) is 14. The molecule has 4 atom stereocenters. The minimum Gasteiger partial charge on any atom is -0.390 e. The minimum absolute atomic E-state index is 0.0638. The van der Waals surface area contributed by atoms with Gasteiger partial charge in [0.1, 0.15) is 0 Å². The number of nitrogens with one attached hydrogen (secondary N) is 1. The molecule has 0 aromatic heterocycles. The third kappa shape index (κ3) is 32.2. The van der Waals surface area contributed by atoms with E-state index < -0.39 is 35.9 Å². The first kappa shape index (κ1) is 44.9. The summed E-state index contributed by atoms with van der Waals surface area (Å²) in [4.78, 5) is 56.2. The minimum atomic E-state index is -4.08. The fourth-order valence-corrected chi connectivity index (χ4v) is 5.99. The summed E-state index contributed by atoms with van der Waals surface area (Å²) in [5, 5.41) is 34.4. The zero-order valence-corrected chi connectivity index (χ0v) is 29.8. The van der Waals surface area contributed by atoms with Crippen molar-refractivity contribution in [3.05, 3.63) is 0 Å². The fourth-order valence-electron chi connectivity index (χ4n) is 4.76. The van der Waals surface area contributed by atoms with Crippen LogP contribution in [0.4, 0.5) is 0 Å². The predicted octanol–water partition coefficient (Wildman–Crippen LogP) is -0.601. The number of aliphatic hydroxyl groups is 3. The Labute approximate surface area is 272 Å². The lowest BCUT2D eigenvalue weighted by atomic mass is 10.0. The molecule has 0 aliphatic heterocycles. The van der Waals surface area contributed by atoms with Gasteiger partial charge in [0.05, 0.1) is 38.1 Å². The van der Waals surface area contributed by atoms with Gasteiger partial charge in [0, 0.05) is 51.5 Å². The number of ether oxygens (including phenoxy) is 3. The maximum Gasteiger partial charge on any atom is 0.492 e. The van der Waals surface area contributed by atoms with Crippen molar-refractivity contribution in [1.82, 2.24) is 10.2 Å². The molecule has 4 unspecified atom stereocenters. The fraction of sp³-hybridized carbons (Fsp3) is 1.00. The lowest BCUT2D eigenvalue weighted by Crippen LogP contribution is -2.41. The predicted molar refractivity (Wildman–Crippen MR) is 175 cm³/mol. The molecule has 0 aromatic carbocycles. The normalized spacial score (nSPS) is 15.5. The van der Waals surface area contributed by atoms with Gasteiger partial charge in [-0.25, -0.2) is 0 Å². The smallest absolute Gasteiger partial charge is 0.390 e. The molecule has 0 aliphatic rings. The molecule has 272 valence electrons. The second-order valence-corrected chi connectivity index (χ2v) is 16.3. The van der Waals surface area contributed by atoms with Crippen molar-refractivity contribution < 1.29 is 58.3 Å². The van der Waals surface area contributed by atoms with Crippen LogP contribution in [0.15, 0.2) is 0 Å². The molecule has 0 fully saturated rings. The second kappa shape index (κ2) is 27.8. The first-order valence-electron chi connectivity index (χ1n) is 16.8. The Hall–Kier alpha value is -0.126. The zero-order chi connectivity index (χ0) is 34.0.